The lowest BCUT2D eigenvalue weighted by molar-refractivity contribution is -0.697. The van der Waals surface area contributed by atoms with Crippen LogP contribution in [0, 0.1) is 0 Å². The highest BCUT2D eigenvalue weighted by atomic mass is 32.1. The summed E-state index contributed by atoms with van der Waals surface area (Å²) < 4.78 is 2.28. The number of hydrogen-bond acceptors (Lipinski definition) is 3. The Morgan fingerprint density at radius 3 is 2.19 bits per heavy atom. The molecule has 26 heavy (non-hydrogen) atoms. The van der Waals surface area contributed by atoms with E-state index in [2.05, 4.69) is 90.9 Å². The largest absolute Gasteiger partial charge is 0.364 e. The van der Waals surface area contributed by atoms with Crippen molar-refractivity contribution in [2.75, 3.05) is 37.6 Å². The molecule has 0 N–H and O–H groups in total. The van der Waals surface area contributed by atoms with Crippen molar-refractivity contribution < 1.29 is 4.57 Å². The molecule has 2 rings (SSSR count). The predicted molar refractivity (Wildman–Crippen MR) is 116 cm³/mol. The molecule has 2 aromatic heterocycles. The van der Waals surface area contributed by atoms with Crippen LogP contribution >= 0.6 is 11.3 Å². The van der Waals surface area contributed by atoms with Gasteiger partial charge in [0.05, 0.1) is 5.00 Å². The summed E-state index contributed by atoms with van der Waals surface area (Å²) >= 11 is 1.86. The monoisotopic (exact) mass is 372 g/mol. The van der Waals surface area contributed by atoms with Crippen molar-refractivity contribution >= 4 is 28.5 Å². The minimum Gasteiger partial charge on any atom is -0.364 e. The normalized spacial score (nSPS) is 11.6. The summed E-state index contributed by atoms with van der Waals surface area (Å²) in [4.78, 5) is 6.18. The molecule has 0 unspecified atom stereocenters. The lowest BCUT2D eigenvalue weighted by Crippen LogP contribution is -2.35. The van der Waals surface area contributed by atoms with E-state index in [4.69, 9.17) is 0 Å². The van der Waals surface area contributed by atoms with E-state index in [-0.39, 0.29) is 0 Å². The van der Waals surface area contributed by atoms with Crippen LogP contribution < -0.4 is 9.47 Å². The molecule has 0 aliphatic rings. The molecule has 4 heteroatoms. The van der Waals surface area contributed by atoms with E-state index in [1.165, 1.54) is 28.4 Å². The van der Waals surface area contributed by atoms with Gasteiger partial charge in [-0.15, -0.1) is 11.3 Å². The minimum atomic E-state index is 1.06. The lowest BCUT2D eigenvalue weighted by atomic mass is 10.2. The van der Waals surface area contributed by atoms with E-state index in [0.29, 0.717) is 0 Å². The summed E-state index contributed by atoms with van der Waals surface area (Å²) in [5.41, 5.74) is 1.25. The maximum Gasteiger partial charge on any atom is 0.169 e. The average molecular weight is 373 g/mol. The molecule has 0 aliphatic carbocycles. The predicted octanol–water partition coefficient (Wildman–Crippen LogP) is 4.78. The van der Waals surface area contributed by atoms with Gasteiger partial charge in [-0.05, 0) is 50.7 Å². The second-order valence-corrected chi connectivity index (χ2v) is 7.53. The molecule has 0 aliphatic heterocycles. The Kier molecular flexibility index (Phi) is 8.86. The van der Waals surface area contributed by atoms with Crippen LogP contribution in [-0.2, 0) is 6.54 Å². The maximum atomic E-state index is 2.48. The van der Waals surface area contributed by atoms with Crippen LogP contribution in [0.15, 0.2) is 36.7 Å². The third-order valence-electron chi connectivity index (χ3n) is 4.83. The molecule has 0 saturated heterocycles. The Labute approximate surface area is 163 Å². The van der Waals surface area contributed by atoms with Crippen LogP contribution in [0.1, 0.15) is 44.6 Å². The maximum absolute atomic E-state index is 2.48. The van der Waals surface area contributed by atoms with Gasteiger partial charge in [0.1, 0.15) is 6.54 Å². The fourth-order valence-corrected chi connectivity index (χ4v) is 4.10. The molecule has 0 radical (unpaired) electrons. The van der Waals surface area contributed by atoms with E-state index < -0.39 is 0 Å². The molecule has 3 nitrogen and oxygen atoms in total. The standard InChI is InChI=1S/C22H34N3S/c1-5-23(6-2)16-9-17-24-18-14-20(15-19-24)10-11-21-12-13-22(26-21)25(7-3)8-4/h10-15,18-19H,5-9,16-17H2,1-4H3/q+1. The minimum absolute atomic E-state index is 1.06. The van der Waals surface area contributed by atoms with Crippen LogP contribution in [0.25, 0.3) is 12.2 Å². The molecule has 0 fully saturated rings. The third kappa shape index (κ3) is 6.26. The molecular formula is C22H34N3S+. The van der Waals surface area contributed by atoms with E-state index in [1.54, 1.807) is 0 Å². The van der Waals surface area contributed by atoms with Gasteiger partial charge in [-0.1, -0.05) is 19.9 Å². The zero-order valence-electron chi connectivity index (χ0n) is 16.8. The fourth-order valence-electron chi connectivity index (χ4n) is 3.06. The zero-order valence-corrected chi connectivity index (χ0v) is 17.6. The van der Waals surface area contributed by atoms with Crippen LogP contribution in [0.3, 0.4) is 0 Å². The van der Waals surface area contributed by atoms with Gasteiger partial charge in [-0.2, -0.15) is 0 Å². The topological polar surface area (TPSA) is 10.4 Å². The number of aryl methyl sites for hydroxylation is 1. The van der Waals surface area contributed by atoms with Gasteiger partial charge < -0.3 is 9.80 Å². The quantitative estimate of drug-likeness (QED) is 0.525. The van der Waals surface area contributed by atoms with Crippen molar-refractivity contribution in [3.63, 3.8) is 0 Å². The molecule has 0 spiro atoms. The van der Waals surface area contributed by atoms with Crippen molar-refractivity contribution in [2.24, 2.45) is 0 Å². The zero-order chi connectivity index (χ0) is 18.8. The second kappa shape index (κ2) is 11.1. The van der Waals surface area contributed by atoms with E-state index >= 15 is 0 Å². The lowest BCUT2D eigenvalue weighted by Gasteiger charge is -2.17. The molecule has 0 aromatic carbocycles. The Morgan fingerprint density at radius 2 is 1.58 bits per heavy atom. The van der Waals surface area contributed by atoms with Gasteiger partial charge in [0.25, 0.3) is 0 Å². The van der Waals surface area contributed by atoms with Crippen LogP contribution in [-0.4, -0.2) is 37.6 Å². The molecular weight excluding hydrogens is 338 g/mol. The summed E-state index contributed by atoms with van der Waals surface area (Å²) in [6, 6.07) is 8.84. The van der Waals surface area contributed by atoms with Gasteiger partial charge in [0.2, 0.25) is 0 Å². The molecule has 0 bridgehead atoms. The molecule has 0 amide bonds. The van der Waals surface area contributed by atoms with Crippen LogP contribution in [0.2, 0.25) is 0 Å². The number of pyridine rings is 1. The van der Waals surface area contributed by atoms with Crippen molar-refractivity contribution in [1.82, 2.24) is 4.90 Å². The molecule has 0 atom stereocenters. The summed E-state index contributed by atoms with van der Waals surface area (Å²) in [5, 5.41) is 1.36. The van der Waals surface area contributed by atoms with Crippen molar-refractivity contribution in [1.29, 1.82) is 0 Å². The molecule has 2 heterocycles. The summed E-state index contributed by atoms with van der Waals surface area (Å²) in [6.07, 6.45) is 10.0. The number of hydrogen-bond donors (Lipinski definition) is 0. The highest BCUT2D eigenvalue weighted by Gasteiger charge is 2.05. The molecule has 142 valence electrons. The van der Waals surface area contributed by atoms with Gasteiger partial charge in [0.15, 0.2) is 12.4 Å². The Bertz CT molecular complexity index is 652. The second-order valence-electron chi connectivity index (χ2n) is 6.43. The first-order valence-electron chi connectivity index (χ1n) is 9.94. The van der Waals surface area contributed by atoms with Gasteiger partial charge in [-0.3, -0.25) is 0 Å². The number of rotatable bonds is 11. The Morgan fingerprint density at radius 1 is 0.885 bits per heavy atom. The first kappa shape index (κ1) is 20.7. The van der Waals surface area contributed by atoms with Gasteiger partial charge in [0, 0.05) is 43.1 Å². The SMILES string of the molecule is CCN(CC)CCC[n+]1ccc(/C=C/c2ccc(N(CC)CC)s2)cc1. The highest BCUT2D eigenvalue weighted by Crippen LogP contribution is 2.27. The van der Waals surface area contributed by atoms with Gasteiger partial charge in [-0.25, -0.2) is 4.57 Å². The highest BCUT2D eigenvalue weighted by molar-refractivity contribution is 7.17. The van der Waals surface area contributed by atoms with Crippen LogP contribution in [0.5, 0.6) is 0 Å². The number of nitrogens with zero attached hydrogens (tertiary/aromatic N) is 3. The van der Waals surface area contributed by atoms with E-state index in [0.717, 1.165) is 32.7 Å². The van der Waals surface area contributed by atoms with Crippen molar-refractivity contribution in [2.45, 2.75) is 40.7 Å². The number of aromatic nitrogens is 1. The van der Waals surface area contributed by atoms with Crippen molar-refractivity contribution in [3.05, 3.63) is 47.1 Å². The Balaban J connectivity index is 1.87. The molecule has 0 saturated carbocycles. The fraction of sp³-hybridized carbons (Fsp3) is 0.500. The first-order valence-corrected chi connectivity index (χ1v) is 10.8. The summed E-state index contributed by atoms with van der Waals surface area (Å²) in [6.45, 7) is 15.5. The first-order chi connectivity index (χ1) is 12.7. The smallest absolute Gasteiger partial charge is 0.169 e. The number of thiophene rings is 1. The third-order valence-corrected chi connectivity index (χ3v) is 5.94. The van der Waals surface area contributed by atoms with E-state index in [9.17, 15) is 0 Å². The number of anilines is 1. The van der Waals surface area contributed by atoms with Gasteiger partial charge >= 0.3 is 0 Å². The Hall–Kier alpha value is -1.65. The van der Waals surface area contributed by atoms with Crippen LogP contribution in [0.4, 0.5) is 5.00 Å². The summed E-state index contributed by atoms with van der Waals surface area (Å²) in [5.74, 6) is 0. The van der Waals surface area contributed by atoms with Crippen molar-refractivity contribution in [3.8, 4) is 0 Å². The van der Waals surface area contributed by atoms with E-state index in [1.807, 2.05) is 11.3 Å². The summed E-state index contributed by atoms with van der Waals surface area (Å²) in [7, 11) is 0. The average Bonchev–Trinajstić information content (AvgIpc) is 3.14. The molecule has 2 aromatic rings.